The SMILES string of the molecule is COc1cccc(N(C(=O)CCl)C2CCN(C(=O)c3ccc(C(F)(F)F)cc3)CC2)c1. The van der Waals surface area contributed by atoms with E-state index in [9.17, 15) is 22.8 Å². The number of nitrogens with zero attached hydrogens (tertiary/aromatic N) is 2. The molecule has 1 fully saturated rings. The molecule has 31 heavy (non-hydrogen) atoms. The first-order valence-electron chi connectivity index (χ1n) is 9.73. The Bertz CT molecular complexity index is 926. The molecule has 0 unspecified atom stereocenters. The molecule has 1 heterocycles. The zero-order valence-electron chi connectivity index (χ0n) is 16.9. The normalized spacial score (nSPS) is 14.9. The summed E-state index contributed by atoms with van der Waals surface area (Å²) in [6, 6.07) is 11.2. The van der Waals surface area contributed by atoms with E-state index in [2.05, 4.69) is 0 Å². The number of alkyl halides is 4. The van der Waals surface area contributed by atoms with Crippen molar-refractivity contribution in [1.29, 1.82) is 0 Å². The molecule has 1 aliphatic rings. The number of benzene rings is 2. The van der Waals surface area contributed by atoms with Gasteiger partial charge in [-0.05, 0) is 49.2 Å². The van der Waals surface area contributed by atoms with E-state index < -0.39 is 11.7 Å². The molecular weight excluding hydrogens is 433 g/mol. The van der Waals surface area contributed by atoms with Crippen molar-refractivity contribution < 1.29 is 27.5 Å². The molecule has 0 radical (unpaired) electrons. The average Bonchev–Trinajstić information content (AvgIpc) is 2.78. The molecule has 0 atom stereocenters. The van der Waals surface area contributed by atoms with Crippen molar-refractivity contribution in [3.05, 3.63) is 59.7 Å². The van der Waals surface area contributed by atoms with Crippen LogP contribution in [0.1, 0.15) is 28.8 Å². The topological polar surface area (TPSA) is 49.9 Å². The van der Waals surface area contributed by atoms with Gasteiger partial charge in [-0.25, -0.2) is 0 Å². The number of carbonyl (C=O) groups excluding carboxylic acids is 2. The minimum atomic E-state index is -4.45. The van der Waals surface area contributed by atoms with Crippen LogP contribution in [0.3, 0.4) is 0 Å². The first-order valence-corrected chi connectivity index (χ1v) is 10.3. The van der Waals surface area contributed by atoms with Crippen LogP contribution in [-0.2, 0) is 11.0 Å². The number of amides is 2. The molecule has 0 spiro atoms. The van der Waals surface area contributed by atoms with E-state index >= 15 is 0 Å². The van der Waals surface area contributed by atoms with Crippen LogP contribution in [0.25, 0.3) is 0 Å². The fraction of sp³-hybridized carbons (Fsp3) is 0.364. The van der Waals surface area contributed by atoms with E-state index in [-0.39, 0.29) is 29.3 Å². The second kappa shape index (κ2) is 9.60. The van der Waals surface area contributed by atoms with Crippen molar-refractivity contribution in [1.82, 2.24) is 4.90 Å². The summed E-state index contributed by atoms with van der Waals surface area (Å²) in [6.07, 6.45) is -3.41. The quantitative estimate of drug-likeness (QED) is 0.621. The molecule has 0 aromatic heterocycles. The number of carbonyl (C=O) groups is 2. The van der Waals surface area contributed by atoms with Gasteiger partial charge in [-0.2, -0.15) is 13.2 Å². The van der Waals surface area contributed by atoms with Crippen molar-refractivity contribution in [2.24, 2.45) is 0 Å². The number of rotatable bonds is 5. The van der Waals surface area contributed by atoms with Crippen LogP contribution in [-0.4, -0.2) is 48.8 Å². The van der Waals surface area contributed by atoms with E-state index in [1.807, 2.05) is 0 Å². The van der Waals surface area contributed by atoms with E-state index in [0.29, 0.717) is 37.4 Å². The van der Waals surface area contributed by atoms with Gasteiger partial charge in [0.2, 0.25) is 5.91 Å². The van der Waals surface area contributed by atoms with Gasteiger partial charge in [-0.15, -0.1) is 11.6 Å². The average molecular weight is 455 g/mol. The number of hydrogen-bond donors (Lipinski definition) is 0. The van der Waals surface area contributed by atoms with E-state index in [0.717, 1.165) is 12.1 Å². The Hall–Kier alpha value is -2.74. The van der Waals surface area contributed by atoms with Gasteiger partial charge in [0.05, 0.1) is 12.7 Å². The predicted molar refractivity (Wildman–Crippen MR) is 112 cm³/mol. The van der Waals surface area contributed by atoms with Crippen molar-refractivity contribution in [3.8, 4) is 5.75 Å². The zero-order chi connectivity index (χ0) is 22.6. The zero-order valence-corrected chi connectivity index (χ0v) is 17.6. The fourth-order valence-electron chi connectivity index (χ4n) is 3.69. The van der Waals surface area contributed by atoms with Crippen LogP contribution in [0.5, 0.6) is 5.75 Å². The number of methoxy groups -OCH3 is 1. The van der Waals surface area contributed by atoms with Gasteiger partial charge < -0.3 is 14.5 Å². The van der Waals surface area contributed by atoms with Crippen LogP contribution in [0, 0.1) is 0 Å². The first kappa shape index (κ1) is 22.9. The molecule has 3 rings (SSSR count). The van der Waals surface area contributed by atoms with Crippen molar-refractivity contribution >= 4 is 29.1 Å². The largest absolute Gasteiger partial charge is 0.497 e. The Balaban J connectivity index is 1.70. The summed E-state index contributed by atoms with van der Waals surface area (Å²) < 4.78 is 43.4. The molecule has 1 saturated heterocycles. The van der Waals surface area contributed by atoms with Crippen molar-refractivity contribution in [2.45, 2.75) is 25.1 Å². The third-order valence-corrected chi connectivity index (χ3v) is 5.52. The Morgan fingerprint density at radius 1 is 1.13 bits per heavy atom. The molecule has 0 saturated carbocycles. The van der Waals surface area contributed by atoms with Crippen LogP contribution in [0.15, 0.2) is 48.5 Å². The highest BCUT2D eigenvalue weighted by Crippen LogP contribution is 2.30. The molecule has 9 heteroatoms. The lowest BCUT2D eigenvalue weighted by atomic mass is 10.0. The maximum atomic E-state index is 12.7. The first-order chi connectivity index (χ1) is 14.7. The summed E-state index contributed by atoms with van der Waals surface area (Å²) in [6.45, 7) is 0.751. The van der Waals surface area contributed by atoms with Gasteiger partial charge in [0.15, 0.2) is 0 Å². The Kier molecular flexibility index (Phi) is 7.10. The van der Waals surface area contributed by atoms with Crippen molar-refractivity contribution in [3.63, 3.8) is 0 Å². The molecule has 2 amide bonds. The summed E-state index contributed by atoms with van der Waals surface area (Å²) in [4.78, 5) is 28.5. The monoisotopic (exact) mass is 454 g/mol. The molecule has 0 aliphatic carbocycles. The maximum Gasteiger partial charge on any atom is 0.416 e. The van der Waals surface area contributed by atoms with Crippen molar-refractivity contribution in [2.75, 3.05) is 31.0 Å². The molecular formula is C22H22ClF3N2O3. The number of halogens is 4. The second-order valence-corrected chi connectivity index (χ2v) is 7.46. The Morgan fingerprint density at radius 3 is 2.32 bits per heavy atom. The summed E-state index contributed by atoms with van der Waals surface area (Å²) >= 11 is 5.83. The van der Waals surface area contributed by atoms with E-state index in [1.165, 1.54) is 19.2 Å². The van der Waals surface area contributed by atoms with Crippen LogP contribution < -0.4 is 9.64 Å². The molecule has 2 aromatic carbocycles. The summed E-state index contributed by atoms with van der Waals surface area (Å²) in [5.41, 5.74) is 0.0710. The smallest absolute Gasteiger partial charge is 0.416 e. The maximum absolute atomic E-state index is 12.7. The highest BCUT2D eigenvalue weighted by Gasteiger charge is 2.32. The third-order valence-electron chi connectivity index (χ3n) is 5.29. The van der Waals surface area contributed by atoms with E-state index in [1.54, 1.807) is 34.1 Å². The van der Waals surface area contributed by atoms with Crippen LogP contribution in [0.2, 0.25) is 0 Å². The van der Waals surface area contributed by atoms with Gasteiger partial charge in [0, 0.05) is 36.4 Å². The molecule has 0 bridgehead atoms. The minimum absolute atomic E-state index is 0.157. The lowest BCUT2D eigenvalue weighted by Crippen LogP contribution is -2.49. The predicted octanol–water partition coefficient (Wildman–Crippen LogP) is 4.59. The number of ether oxygens (including phenoxy) is 1. The van der Waals surface area contributed by atoms with Gasteiger partial charge >= 0.3 is 6.18 Å². The lowest BCUT2D eigenvalue weighted by molar-refractivity contribution is -0.137. The van der Waals surface area contributed by atoms with Gasteiger partial charge in [0.25, 0.3) is 5.91 Å². The summed E-state index contributed by atoms with van der Waals surface area (Å²) in [5, 5.41) is 0. The number of hydrogen-bond acceptors (Lipinski definition) is 3. The van der Waals surface area contributed by atoms with Gasteiger partial charge in [-0.1, -0.05) is 6.07 Å². The molecule has 2 aromatic rings. The van der Waals surface area contributed by atoms with Crippen LogP contribution >= 0.6 is 11.6 Å². The summed E-state index contributed by atoms with van der Waals surface area (Å²) in [7, 11) is 1.54. The molecule has 0 N–H and O–H groups in total. The lowest BCUT2D eigenvalue weighted by Gasteiger charge is -2.38. The highest BCUT2D eigenvalue weighted by atomic mass is 35.5. The molecule has 5 nitrogen and oxygen atoms in total. The minimum Gasteiger partial charge on any atom is -0.497 e. The third kappa shape index (κ3) is 5.31. The highest BCUT2D eigenvalue weighted by molar-refractivity contribution is 6.29. The number of anilines is 1. The van der Waals surface area contributed by atoms with Gasteiger partial charge in [-0.3, -0.25) is 9.59 Å². The second-order valence-electron chi connectivity index (χ2n) is 7.20. The number of piperidine rings is 1. The summed E-state index contributed by atoms with van der Waals surface area (Å²) in [5.74, 6) is -0.145. The Labute approximate surface area is 183 Å². The molecule has 166 valence electrons. The van der Waals surface area contributed by atoms with E-state index in [4.69, 9.17) is 16.3 Å². The van der Waals surface area contributed by atoms with Gasteiger partial charge in [0.1, 0.15) is 11.6 Å². The standard InChI is InChI=1S/C22H22ClF3N2O3/c1-31-19-4-2-3-18(13-19)28(20(29)14-23)17-9-11-27(12-10-17)21(30)15-5-7-16(8-6-15)22(24,25)26/h2-8,13,17H,9-12,14H2,1H3. The Morgan fingerprint density at radius 2 is 1.77 bits per heavy atom. The van der Waals surface area contributed by atoms with Crippen LogP contribution in [0.4, 0.5) is 18.9 Å². The molecule has 1 aliphatic heterocycles. The fourth-order valence-corrected chi connectivity index (χ4v) is 3.82. The number of likely N-dealkylation sites (tertiary alicyclic amines) is 1.